The van der Waals surface area contributed by atoms with Gasteiger partial charge in [-0.3, -0.25) is 4.79 Å². The normalized spacial score (nSPS) is 14.7. The number of hydrogen-bond donors (Lipinski definition) is 2. The second kappa shape index (κ2) is 6.38. The van der Waals surface area contributed by atoms with Crippen molar-refractivity contribution in [1.29, 1.82) is 0 Å². The van der Waals surface area contributed by atoms with Gasteiger partial charge in [0, 0.05) is 35.6 Å². The Morgan fingerprint density at radius 1 is 1.53 bits per heavy atom. The highest BCUT2D eigenvalue weighted by Crippen LogP contribution is 2.16. The molecular weight excluding hydrogens is 304 g/mol. The lowest BCUT2D eigenvalue weighted by Gasteiger charge is -2.27. The molecule has 1 fully saturated rings. The predicted molar refractivity (Wildman–Crippen MR) is 74.8 cm³/mol. The van der Waals surface area contributed by atoms with E-state index in [1.165, 1.54) is 0 Å². The molecule has 1 heterocycles. The molecule has 1 amide bonds. The van der Waals surface area contributed by atoms with Crippen LogP contribution in [0.5, 0.6) is 0 Å². The minimum atomic E-state index is 0. The fourth-order valence-electron chi connectivity index (χ4n) is 1.66. The Kier molecular flexibility index (Phi) is 5.43. The summed E-state index contributed by atoms with van der Waals surface area (Å²) in [7, 11) is 0. The Hall–Kier alpha value is -0.580. The molecule has 0 unspecified atom stereocenters. The van der Waals surface area contributed by atoms with Gasteiger partial charge in [-0.2, -0.15) is 0 Å². The Balaban J connectivity index is 0.00000144. The van der Waals surface area contributed by atoms with Crippen molar-refractivity contribution in [3.63, 3.8) is 0 Å². The molecule has 5 heteroatoms. The van der Waals surface area contributed by atoms with Crippen molar-refractivity contribution in [2.24, 2.45) is 5.92 Å². The Morgan fingerprint density at radius 2 is 2.24 bits per heavy atom. The van der Waals surface area contributed by atoms with Gasteiger partial charge in [0.2, 0.25) is 0 Å². The third kappa shape index (κ3) is 3.69. The van der Waals surface area contributed by atoms with Crippen molar-refractivity contribution in [3.05, 3.63) is 33.8 Å². The maximum absolute atomic E-state index is 11.9. The largest absolute Gasteiger partial charge is 0.352 e. The first-order chi connectivity index (χ1) is 7.66. The molecule has 1 aliphatic heterocycles. The predicted octanol–water partition coefficient (Wildman–Crippen LogP) is 2.13. The molecule has 17 heavy (non-hydrogen) atoms. The van der Waals surface area contributed by atoms with Crippen LogP contribution in [0, 0.1) is 12.8 Å². The molecular formula is C12H16BrClN2O. The molecule has 0 saturated carbocycles. The van der Waals surface area contributed by atoms with Crippen molar-refractivity contribution in [2.75, 3.05) is 19.6 Å². The van der Waals surface area contributed by atoms with Gasteiger partial charge in [0.25, 0.3) is 5.91 Å². The number of carbonyl (C=O) groups is 1. The molecule has 0 bridgehead atoms. The van der Waals surface area contributed by atoms with Gasteiger partial charge < -0.3 is 10.6 Å². The number of amides is 1. The summed E-state index contributed by atoms with van der Waals surface area (Å²) in [4.78, 5) is 11.9. The Labute approximate surface area is 116 Å². The summed E-state index contributed by atoms with van der Waals surface area (Å²) >= 11 is 3.38. The SMILES string of the molecule is Cc1ccc(Br)cc1C(=O)NCC1CNC1.Cl. The molecule has 1 aliphatic rings. The lowest BCUT2D eigenvalue weighted by atomic mass is 10.0. The standard InChI is InChI=1S/C12H15BrN2O.ClH/c1-8-2-3-10(13)4-11(8)12(16)15-7-9-5-14-6-9;/h2-4,9,14H,5-7H2,1H3,(H,15,16);1H. The zero-order chi connectivity index (χ0) is 11.5. The second-order valence-electron chi connectivity index (χ2n) is 4.19. The third-order valence-corrected chi connectivity index (χ3v) is 3.35. The fourth-order valence-corrected chi connectivity index (χ4v) is 2.02. The van der Waals surface area contributed by atoms with Crippen LogP contribution < -0.4 is 10.6 Å². The van der Waals surface area contributed by atoms with Crippen LogP contribution in [0.25, 0.3) is 0 Å². The van der Waals surface area contributed by atoms with Crippen LogP contribution in [-0.2, 0) is 0 Å². The van der Waals surface area contributed by atoms with Crippen molar-refractivity contribution in [3.8, 4) is 0 Å². The number of hydrogen-bond acceptors (Lipinski definition) is 2. The lowest BCUT2D eigenvalue weighted by Crippen LogP contribution is -2.48. The number of carbonyl (C=O) groups excluding carboxylic acids is 1. The minimum absolute atomic E-state index is 0. The zero-order valence-corrected chi connectivity index (χ0v) is 12.0. The lowest BCUT2D eigenvalue weighted by molar-refractivity contribution is 0.0941. The summed E-state index contributed by atoms with van der Waals surface area (Å²) in [5.74, 6) is 0.613. The highest BCUT2D eigenvalue weighted by Gasteiger charge is 2.18. The van der Waals surface area contributed by atoms with Gasteiger partial charge in [0.15, 0.2) is 0 Å². The molecule has 0 radical (unpaired) electrons. The van der Waals surface area contributed by atoms with E-state index in [1.807, 2.05) is 25.1 Å². The molecule has 1 saturated heterocycles. The van der Waals surface area contributed by atoms with Gasteiger partial charge in [-0.15, -0.1) is 12.4 Å². The maximum Gasteiger partial charge on any atom is 0.251 e. The molecule has 1 aromatic rings. The van der Waals surface area contributed by atoms with Gasteiger partial charge in [-0.1, -0.05) is 22.0 Å². The summed E-state index contributed by atoms with van der Waals surface area (Å²) < 4.78 is 0.938. The molecule has 3 nitrogen and oxygen atoms in total. The molecule has 94 valence electrons. The van der Waals surface area contributed by atoms with Crippen LogP contribution in [0.15, 0.2) is 22.7 Å². The maximum atomic E-state index is 11.9. The first kappa shape index (κ1) is 14.5. The minimum Gasteiger partial charge on any atom is -0.352 e. The summed E-state index contributed by atoms with van der Waals surface area (Å²) in [5.41, 5.74) is 1.76. The van der Waals surface area contributed by atoms with Crippen LogP contribution in [0.4, 0.5) is 0 Å². The first-order valence-corrected chi connectivity index (χ1v) is 6.21. The van der Waals surface area contributed by atoms with E-state index in [0.29, 0.717) is 5.92 Å². The highest BCUT2D eigenvalue weighted by molar-refractivity contribution is 9.10. The van der Waals surface area contributed by atoms with Crippen LogP contribution in [-0.4, -0.2) is 25.5 Å². The Bertz CT molecular complexity index is 407. The van der Waals surface area contributed by atoms with Crippen LogP contribution >= 0.6 is 28.3 Å². The molecule has 2 rings (SSSR count). The summed E-state index contributed by atoms with van der Waals surface area (Å²) in [6.45, 7) is 4.74. The summed E-state index contributed by atoms with van der Waals surface area (Å²) in [6, 6.07) is 5.76. The monoisotopic (exact) mass is 318 g/mol. The highest BCUT2D eigenvalue weighted by atomic mass is 79.9. The van der Waals surface area contributed by atoms with Gasteiger partial charge in [-0.05, 0) is 24.6 Å². The average Bonchev–Trinajstić information content (AvgIpc) is 2.19. The van der Waals surface area contributed by atoms with E-state index >= 15 is 0 Å². The molecule has 0 aliphatic carbocycles. The zero-order valence-electron chi connectivity index (χ0n) is 9.63. The molecule has 0 spiro atoms. The van der Waals surface area contributed by atoms with Gasteiger partial charge in [0.05, 0.1) is 0 Å². The topological polar surface area (TPSA) is 41.1 Å². The smallest absolute Gasteiger partial charge is 0.251 e. The van der Waals surface area contributed by atoms with Crippen molar-refractivity contribution < 1.29 is 4.79 Å². The third-order valence-electron chi connectivity index (χ3n) is 2.86. The molecule has 0 aromatic heterocycles. The van der Waals surface area contributed by atoms with Crippen LogP contribution in [0.1, 0.15) is 15.9 Å². The number of halogens is 2. The van der Waals surface area contributed by atoms with E-state index < -0.39 is 0 Å². The quantitative estimate of drug-likeness (QED) is 0.896. The van der Waals surface area contributed by atoms with Crippen molar-refractivity contribution in [2.45, 2.75) is 6.92 Å². The van der Waals surface area contributed by atoms with Crippen LogP contribution in [0.2, 0.25) is 0 Å². The molecule has 1 aromatic carbocycles. The molecule has 2 N–H and O–H groups in total. The fraction of sp³-hybridized carbons (Fsp3) is 0.417. The van der Waals surface area contributed by atoms with E-state index in [9.17, 15) is 4.79 Å². The number of rotatable bonds is 3. The number of benzene rings is 1. The van der Waals surface area contributed by atoms with Crippen molar-refractivity contribution in [1.82, 2.24) is 10.6 Å². The summed E-state index contributed by atoms with van der Waals surface area (Å²) in [6.07, 6.45) is 0. The van der Waals surface area contributed by atoms with Gasteiger partial charge in [-0.25, -0.2) is 0 Å². The van der Waals surface area contributed by atoms with E-state index in [-0.39, 0.29) is 18.3 Å². The average molecular weight is 320 g/mol. The number of nitrogens with one attached hydrogen (secondary N) is 2. The number of aryl methyl sites for hydroxylation is 1. The van der Waals surface area contributed by atoms with Crippen molar-refractivity contribution >= 4 is 34.2 Å². The Morgan fingerprint density at radius 3 is 2.82 bits per heavy atom. The second-order valence-corrected chi connectivity index (χ2v) is 5.11. The van der Waals surface area contributed by atoms with E-state index in [4.69, 9.17) is 0 Å². The van der Waals surface area contributed by atoms with E-state index in [1.54, 1.807) is 0 Å². The summed E-state index contributed by atoms with van der Waals surface area (Å²) in [5, 5.41) is 6.16. The van der Waals surface area contributed by atoms with E-state index in [0.717, 1.165) is 35.2 Å². The molecule has 0 atom stereocenters. The van der Waals surface area contributed by atoms with Gasteiger partial charge >= 0.3 is 0 Å². The van der Waals surface area contributed by atoms with Crippen LogP contribution in [0.3, 0.4) is 0 Å². The van der Waals surface area contributed by atoms with E-state index in [2.05, 4.69) is 26.6 Å². The first-order valence-electron chi connectivity index (χ1n) is 5.42. The van der Waals surface area contributed by atoms with Gasteiger partial charge in [0.1, 0.15) is 0 Å².